The first-order valence-corrected chi connectivity index (χ1v) is 6.60. The van der Waals surface area contributed by atoms with Crippen LogP contribution in [0.2, 0.25) is 5.28 Å². The highest BCUT2D eigenvalue weighted by molar-refractivity contribution is 6.28. The molecule has 0 saturated carbocycles. The van der Waals surface area contributed by atoms with Crippen LogP contribution in [-0.4, -0.2) is 29.0 Å². The van der Waals surface area contributed by atoms with Crippen molar-refractivity contribution >= 4 is 11.6 Å². The number of nitrogens with zero attached hydrogens (tertiary/aromatic N) is 3. The first-order chi connectivity index (χ1) is 9.38. The average molecular weight is 296 g/mol. The van der Waals surface area contributed by atoms with Gasteiger partial charge >= 0.3 is 0 Å². The summed E-state index contributed by atoms with van der Waals surface area (Å²) in [5.74, 6) is 2.15. The molecule has 0 aliphatic rings. The van der Waals surface area contributed by atoms with E-state index >= 15 is 0 Å². The van der Waals surface area contributed by atoms with E-state index in [1.807, 2.05) is 18.2 Å². The quantitative estimate of drug-likeness (QED) is 0.872. The third kappa shape index (κ3) is 2.58. The van der Waals surface area contributed by atoms with Gasteiger partial charge in [-0.2, -0.15) is 0 Å². The molecule has 0 unspecified atom stereocenters. The lowest BCUT2D eigenvalue weighted by Crippen LogP contribution is -2.18. The molecule has 0 aliphatic carbocycles. The number of hydrogen-bond donors (Lipinski definition) is 0. The monoisotopic (exact) mass is 295 g/mol. The van der Waals surface area contributed by atoms with E-state index in [9.17, 15) is 0 Å². The number of rotatable bonds is 3. The highest BCUT2D eigenvalue weighted by Gasteiger charge is 2.26. The SMILES string of the molecule is COc1ccc(OC)c(-n2c(Cl)nnc2C(C)(C)C)c1. The maximum absolute atomic E-state index is 6.20. The lowest BCUT2D eigenvalue weighted by molar-refractivity contribution is 0.400. The smallest absolute Gasteiger partial charge is 0.229 e. The topological polar surface area (TPSA) is 49.2 Å². The average Bonchev–Trinajstić information content (AvgIpc) is 2.79. The summed E-state index contributed by atoms with van der Waals surface area (Å²) in [6.45, 7) is 6.16. The maximum atomic E-state index is 6.20. The second-order valence-electron chi connectivity index (χ2n) is 5.42. The van der Waals surface area contributed by atoms with E-state index in [2.05, 4.69) is 31.0 Å². The molecule has 0 N–H and O–H groups in total. The Balaban J connectivity index is 2.70. The van der Waals surface area contributed by atoms with Gasteiger partial charge in [0.15, 0.2) is 0 Å². The Labute approximate surface area is 123 Å². The van der Waals surface area contributed by atoms with Crippen LogP contribution in [0.15, 0.2) is 18.2 Å². The van der Waals surface area contributed by atoms with Crippen LogP contribution in [0.25, 0.3) is 5.69 Å². The second kappa shape index (κ2) is 5.32. The summed E-state index contributed by atoms with van der Waals surface area (Å²) in [5.41, 5.74) is 0.556. The third-order valence-electron chi connectivity index (χ3n) is 2.92. The summed E-state index contributed by atoms with van der Waals surface area (Å²) < 4.78 is 12.4. The molecule has 5 nitrogen and oxygen atoms in total. The minimum Gasteiger partial charge on any atom is -0.497 e. The molecule has 1 aromatic heterocycles. The van der Waals surface area contributed by atoms with Crippen molar-refractivity contribution in [3.8, 4) is 17.2 Å². The lowest BCUT2D eigenvalue weighted by Gasteiger charge is -2.20. The van der Waals surface area contributed by atoms with Crippen LogP contribution in [0, 0.1) is 0 Å². The van der Waals surface area contributed by atoms with Gasteiger partial charge in [-0.3, -0.25) is 4.57 Å². The number of benzene rings is 1. The molecule has 108 valence electrons. The number of ether oxygens (including phenoxy) is 2. The fraction of sp³-hybridized carbons (Fsp3) is 0.429. The lowest BCUT2D eigenvalue weighted by atomic mass is 9.95. The minimum atomic E-state index is -0.200. The first-order valence-electron chi connectivity index (χ1n) is 6.22. The molecule has 0 fully saturated rings. The van der Waals surface area contributed by atoms with Crippen LogP contribution in [0.5, 0.6) is 11.5 Å². The van der Waals surface area contributed by atoms with Gasteiger partial charge in [0.25, 0.3) is 0 Å². The van der Waals surface area contributed by atoms with E-state index in [0.29, 0.717) is 16.8 Å². The van der Waals surface area contributed by atoms with E-state index in [-0.39, 0.29) is 5.41 Å². The zero-order valence-electron chi connectivity index (χ0n) is 12.3. The second-order valence-corrected chi connectivity index (χ2v) is 5.75. The van der Waals surface area contributed by atoms with Crippen molar-refractivity contribution in [3.05, 3.63) is 29.3 Å². The van der Waals surface area contributed by atoms with Gasteiger partial charge in [0.2, 0.25) is 5.28 Å². The maximum Gasteiger partial charge on any atom is 0.229 e. The molecule has 0 amide bonds. The fourth-order valence-electron chi connectivity index (χ4n) is 1.94. The van der Waals surface area contributed by atoms with Gasteiger partial charge in [-0.25, -0.2) is 0 Å². The summed E-state index contributed by atoms with van der Waals surface area (Å²) in [6.07, 6.45) is 0. The summed E-state index contributed by atoms with van der Waals surface area (Å²) in [6, 6.07) is 5.51. The molecule has 0 atom stereocenters. The van der Waals surface area contributed by atoms with Crippen LogP contribution in [0.3, 0.4) is 0 Å². The van der Waals surface area contributed by atoms with Crippen molar-refractivity contribution in [1.82, 2.24) is 14.8 Å². The Morgan fingerprint density at radius 3 is 2.35 bits per heavy atom. The molecule has 1 heterocycles. The van der Waals surface area contributed by atoms with Gasteiger partial charge in [0.05, 0.1) is 19.9 Å². The Hall–Kier alpha value is -1.75. The standard InChI is InChI=1S/C14H18ClN3O2/c1-14(2,3)12-16-17-13(15)18(12)10-8-9(19-4)6-7-11(10)20-5/h6-8H,1-5H3. The summed E-state index contributed by atoms with van der Waals surface area (Å²) in [7, 11) is 3.23. The molecule has 2 rings (SSSR count). The molecule has 2 aromatic rings. The van der Waals surface area contributed by atoms with Crippen molar-refractivity contribution in [3.63, 3.8) is 0 Å². The Bertz CT molecular complexity index is 617. The van der Waals surface area contributed by atoms with Crippen molar-refractivity contribution in [2.24, 2.45) is 0 Å². The van der Waals surface area contributed by atoms with E-state index in [1.54, 1.807) is 18.8 Å². The van der Waals surface area contributed by atoms with Gasteiger partial charge in [-0.1, -0.05) is 20.8 Å². The minimum absolute atomic E-state index is 0.200. The van der Waals surface area contributed by atoms with Crippen molar-refractivity contribution in [2.45, 2.75) is 26.2 Å². The molecule has 0 aliphatic heterocycles. The van der Waals surface area contributed by atoms with E-state index in [1.165, 1.54) is 0 Å². The Morgan fingerprint density at radius 1 is 1.10 bits per heavy atom. The molecular weight excluding hydrogens is 278 g/mol. The number of aromatic nitrogens is 3. The molecule has 0 saturated heterocycles. The predicted octanol–water partition coefficient (Wildman–Crippen LogP) is 3.24. The summed E-state index contributed by atoms with van der Waals surface area (Å²) in [5, 5.41) is 8.44. The largest absolute Gasteiger partial charge is 0.497 e. The fourth-order valence-corrected chi connectivity index (χ4v) is 2.14. The van der Waals surface area contributed by atoms with Gasteiger partial charge in [0, 0.05) is 11.5 Å². The molecule has 20 heavy (non-hydrogen) atoms. The van der Waals surface area contributed by atoms with Crippen LogP contribution >= 0.6 is 11.6 Å². The molecule has 6 heteroatoms. The zero-order chi connectivity index (χ0) is 14.9. The summed E-state index contributed by atoms with van der Waals surface area (Å²) in [4.78, 5) is 0. The zero-order valence-corrected chi connectivity index (χ0v) is 13.0. The molecule has 0 spiro atoms. The van der Waals surface area contributed by atoms with Crippen molar-refractivity contribution in [2.75, 3.05) is 14.2 Å². The van der Waals surface area contributed by atoms with E-state index in [0.717, 1.165) is 11.5 Å². The van der Waals surface area contributed by atoms with Gasteiger partial charge < -0.3 is 9.47 Å². The van der Waals surface area contributed by atoms with Crippen LogP contribution in [0.4, 0.5) is 0 Å². The highest BCUT2D eigenvalue weighted by Crippen LogP contribution is 2.33. The third-order valence-corrected chi connectivity index (χ3v) is 3.17. The first kappa shape index (κ1) is 14.7. The van der Waals surface area contributed by atoms with Crippen molar-refractivity contribution in [1.29, 1.82) is 0 Å². The van der Waals surface area contributed by atoms with Crippen molar-refractivity contribution < 1.29 is 9.47 Å². The number of halogens is 1. The van der Waals surface area contributed by atoms with Gasteiger partial charge in [0.1, 0.15) is 17.3 Å². The van der Waals surface area contributed by atoms with Crippen LogP contribution in [0.1, 0.15) is 26.6 Å². The van der Waals surface area contributed by atoms with E-state index in [4.69, 9.17) is 21.1 Å². The van der Waals surface area contributed by atoms with Crippen LogP contribution in [-0.2, 0) is 5.41 Å². The summed E-state index contributed by atoms with van der Waals surface area (Å²) >= 11 is 6.20. The number of hydrogen-bond acceptors (Lipinski definition) is 4. The highest BCUT2D eigenvalue weighted by atomic mass is 35.5. The molecule has 1 aromatic carbocycles. The van der Waals surface area contributed by atoms with Gasteiger partial charge in [-0.05, 0) is 23.7 Å². The normalized spacial score (nSPS) is 11.5. The Kier molecular flexibility index (Phi) is 3.90. The Morgan fingerprint density at radius 2 is 1.80 bits per heavy atom. The molecule has 0 radical (unpaired) electrons. The van der Waals surface area contributed by atoms with Gasteiger partial charge in [-0.15, -0.1) is 10.2 Å². The molecular formula is C14H18ClN3O2. The van der Waals surface area contributed by atoms with E-state index < -0.39 is 0 Å². The van der Waals surface area contributed by atoms with Crippen LogP contribution < -0.4 is 9.47 Å². The molecule has 0 bridgehead atoms. The number of methoxy groups -OCH3 is 2. The predicted molar refractivity (Wildman–Crippen MR) is 78.2 cm³/mol.